The maximum absolute atomic E-state index is 12.1. The molecule has 0 amide bonds. The molecule has 4 saturated carbocycles. The van der Waals surface area contributed by atoms with Gasteiger partial charge in [-0.2, -0.15) is 0 Å². The zero-order chi connectivity index (χ0) is 21.9. The molecule has 0 aromatic heterocycles. The van der Waals surface area contributed by atoms with Crippen molar-refractivity contribution in [3.05, 3.63) is 28.8 Å². The highest BCUT2D eigenvalue weighted by molar-refractivity contribution is 5.88. The summed E-state index contributed by atoms with van der Waals surface area (Å²) in [4.78, 5) is 12.1. The highest BCUT2D eigenvalue weighted by Crippen LogP contribution is 2.74. The third-order valence-electron chi connectivity index (χ3n) is 11.8. The molecule has 5 rings (SSSR count). The number of hydrogen-bond donors (Lipinski definition) is 2. The van der Waals surface area contributed by atoms with Crippen LogP contribution in [0.1, 0.15) is 113 Å². The van der Waals surface area contributed by atoms with Gasteiger partial charge in [0, 0.05) is 0 Å². The Morgan fingerprint density at radius 3 is 1.50 bits per heavy atom. The highest BCUT2D eigenvalue weighted by Gasteiger charge is 2.64. The van der Waals surface area contributed by atoms with Crippen molar-refractivity contribution in [3.8, 4) is 5.75 Å². The number of phenolic OH excluding ortho intramolecular Hbond substituents is 1. The molecule has 0 spiro atoms. The van der Waals surface area contributed by atoms with E-state index in [0.29, 0.717) is 23.1 Å². The molecule has 4 aliphatic rings. The predicted molar refractivity (Wildman–Crippen MR) is 119 cm³/mol. The van der Waals surface area contributed by atoms with Crippen molar-refractivity contribution in [1.29, 1.82) is 0 Å². The first-order valence-corrected chi connectivity index (χ1v) is 11.9. The monoisotopic (exact) mass is 410 g/mol. The molecule has 4 bridgehead atoms. The van der Waals surface area contributed by atoms with Crippen LogP contribution in [0.2, 0.25) is 0 Å². The molecule has 6 atom stereocenters. The summed E-state index contributed by atoms with van der Waals surface area (Å²) in [6, 6.07) is 3.60. The number of carbonyl (C=O) groups is 1. The normalized spacial score (nSPS) is 42.7. The third kappa shape index (κ3) is 2.20. The predicted octanol–water partition coefficient (Wildman–Crippen LogP) is 6.95. The van der Waals surface area contributed by atoms with Crippen LogP contribution in [0.5, 0.6) is 5.75 Å². The van der Waals surface area contributed by atoms with Crippen molar-refractivity contribution in [2.45, 2.75) is 91.9 Å². The molecule has 1 aromatic carbocycles. The maximum atomic E-state index is 12.1. The molecule has 0 radical (unpaired) electrons. The zero-order valence-corrected chi connectivity index (χ0v) is 19.5. The summed E-state index contributed by atoms with van der Waals surface area (Å²) in [6.07, 6.45) is 6.96. The van der Waals surface area contributed by atoms with Crippen LogP contribution in [-0.2, 0) is 0 Å². The van der Waals surface area contributed by atoms with Gasteiger partial charge in [-0.3, -0.25) is 0 Å². The SMILES string of the molecule is CC1(C)C2CCC1(C)C(c1cc(C(=O)O)cc(C3CC4CCC3(C)C4(C)C)c1O)C2. The van der Waals surface area contributed by atoms with E-state index in [1.165, 1.54) is 12.8 Å². The van der Waals surface area contributed by atoms with Crippen molar-refractivity contribution in [1.82, 2.24) is 0 Å². The summed E-state index contributed by atoms with van der Waals surface area (Å²) in [5.41, 5.74) is 2.85. The summed E-state index contributed by atoms with van der Waals surface area (Å²) in [7, 11) is 0. The van der Waals surface area contributed by atoms with Crippen LogP contribution in [0.15, 0.2) is 12.1 Å². The zero-order valence-electron chi connectivity index (χ0n) is 19.5. The number of carboxylic acid groups (broad SMARTS) is 1. The first-order valence-electron chi connectivity index (χ1n) is 11.9. The summed E-state index contributed by atoms with van der Waals surface area (Å²) >= 11 is 0. The number of benzene rings is 1. The second-order valence-corrected chi connectivity index (χ2v) is 12.6. The van der Waals surface area contributed by atoms with Crippen LogP contribution in [-0.4, -0.2) is 16.2 Å². The molecule has 1 aromatic rings. The second-order valence-electron chi connectivity index (χ2n) is 12.6. The topological polar surface area (TPSA) is 57.5 Å². The number of phenols is 1. The smallest absolute Gasteiger partial charge is 0.335 e. The van der Waals surface area contributed by atoms with Gasteiger partial charge in [-0.25, -0.2) is 4.79 Å². The van der Waals surface area contributed by atoms with Gasteiger partial charge in [0.25, 0.3) is 0 Å². The van der Waals surface area contributed by atoms with E-state index in [1.807, 2.05) is 0 Å². The Labute approximate surface area is 181 Å². The van der Waals surface area contributed by atoms with Crippen molar-refractivity contribution in [2.24, 2.45) is 33.5 Å². The number of fused-ring (bicyclic) bond motifs is 4. The summed E-state index contributed by atoms with van der Waals surface area (Å²) < 4.78 is 0. The lowest BCUT2D eigenvalue weighted by Crippen LogP contribution is -2.32. The average Bonchev–Trinajstić information content (AvgIpc) is 3.19. The van der Waals surface area contributed by atoms with Crippen LogP contribution in [0.4, 0.5) is 0 Å². The third-order valence-corrected chi connectivity index (χ3v) is 11.8. The molecule has 4 fully saturated rings. The minimum absolute atomic E-state index is 0.112. The van der Waals surface area contributed by atoms with Gasteiger partial charge in [-0.15, -0.1) is 0 Å². The molecule has 30 heavy (non-hydrogen) atoms. The first kappa shape index (κ1) is 20.4. The van der Waals surface area contributed by atoms with Gasteiger partial charge >= 0.3 is 5.97 Å². The van der Waals surface area contributed by atoms with Gasteiger partial charge in [0.05, 0.1) is 5.56 Å². The number of rotatable bonds is 3. The Bertz CT molecular complexity index is 863. The fourth-order valence-electron chi connectivity index (χ4n) is 8.68. The Hall–Kier alpha value is -1.51. The molecule has 0 saturated heterocycles. The van der Waals surface area contributed by atoms with Crippen LogP contribution in [0, 0.1) is 33.5 Å². The minimum Gasteiger partial charge on any atom is -0.507 e. The van der Waals surface area contributed by atoms with Crippen LogP contribution in [0.25, 0.3) is 0 Å². The van der Waals surface area contributed by atoms with Crippen molar-refractivity contribution >= 4 is 5.97 Å². The molecule has 2 N–H and O–H groups in total. The molecular formula is C27H38O3. The summed E-state index contributed by atoms with van der Waals surface area (Å²) in [5, 5.41) is 21.6. The van der Waals surface area contributed by atoms with Gasteiger partial charge < -0.3 is 10.2 Å². The van der Waals surface area contributed by atoms with E-state index in [-0.39, 0.29) is 33.5 Å². The van der Waals surface area contributed by atoms with E-state index < -0.39 is 5.97 Å². The second kappa shape index (κ2) is 5.84. The van der Waals surface area contributed by atoms with Crippen LogP contribution < -0.4 is 0 Å². The lowest BCUT2D eigenvalue weighted by Gasteiger charge is -2.42. The highest BCUT2D eigenvalue weighted by atomic mass is 16.4. The minimum atomic E-state index is -0.877. The van der Waals surface area contributed by atoms with Gasteiger partial charge in [0.2, 0.25) is 0 Å². The van der Waals surface area contributed by atoms with Crippen molar-refractivity contribution < 1.29 is 15.0 Å². The fraction of sp³-hybridized carbons (Fsp3) is 0.741. The number of carboxylic acids is 1. The molecule has 0 heterocycles. The van der Waals surface area contributed by atoms with Crippen LogP contribution in [0.3, 0.4) is 0 Å². The van der Waals surface area contributed by atoms with E-state index in [2.05, 4.69) is 41.5 Å². The summed E-state index contributed by atoms with van der Waals surface area (Å²) in [5.74, 6) is 1.32. The Balaban J connectivity index is 1.65. The fourth-order valence-corrected chi connectivity index (χ4v) is 8.68. The van der Waals surface area contributed by atoms with E-state index in [4.69, 9.17) is 0 Å². The quantitative estimate of drug-likeness (QED) is 0.567. The summed E-state index contributed by atoms with van der Waals surface area (Å²) in [6.45, 7) is 14.3. The van der Waals surface area contributed by atoms with E-state index >= 15 is 0 Å². The average molecular weight is 411 g/mol. The molecule has 0 aliphatic heterocycles. The largest absolute Gasteiger partial charge is 0.507 e. The Morgan fingerprint density at radius 1 is 0.833 bits per heavy atom. The van der Waals surface area contributed by atoms with E-state index in [1.54, 1.807) is 12.1 Å². The van der Waals surface area contributed by atoms with Gasteiger partial charge in [-0.1, -0.05) is 41.5 Å². The van der Waals surface area contributed by atoms with Crippen LogP contribution >= 0.6 is 0 Å². The van der Waals surface area contributed by atoms with E-state index in [9.17, 15) is 15.0 Å². The Morgan fingerprint density at radius 2 is 1.23 bits per heavy atom. The van der Waals surface area contributed by atoms with Gasteiger partial charge in [-0.05, 0) is 107 Å². The molecule has 3 nitrogen and oxygen atoms in total. The molecule has 164 valence electrons. The van der Waals surface area contributed by atoms with Crippen molar-refractivity contribution in [3.63, 3.8) is 0 Å². The molecule has 3 heteroatoms. The number of aromatic carboxylic acids is 1. The van der Waals surface area contributed by atoms with E-state index in [0.717, 1.165) is 36.8 Å². The molecule has 4 aliphatic carbocycles. The van der Waals surface area contributed by atoms with Gasteiger partial charge in [0.1, 0.15) is 5.75 Å². The Kier molecular flexibility index (Phi) is 3.97. The van der Waals surface area contributed by atoms with Gasteiger partial charge in [0.15, 0.2) is 0 Å². The first-order chi connectivity index (χ1) is 13.8. The lowest BCUT2D eigenvalue weighted by atomic mass is 9.63. The number of hydrogen-bond acceptors (Lipinski definition) is 2. The standard InChI is InChI=1S/C27H38O3/c1-24(2)16-7-9-26(24,5)20(13-16)18-11-15(23(29)30)12-19(22(18)28)21-14-17-8-10-27(21,6)25(17,3)4/h11-12,16-17,20-21,28H,7-10,13-14H2,1-6H3,(H,29,30). The molecule has 6 unspecified atom stereocenters. The maximum Gasteiger partial charge on any atom is 0.335 e. The lowest BCUT2D eigenvalue weighted by molar-refractivity contribution is 0.0696. The molecular weight excluding hydrogens is 372 g/mol. The number of aromatic hydroxyl groups is 1. The van der Waals surface area contributed by atoms with Crippen molar-refractivity contribution in [2.75, 3.05) is 0 Å².